The number of ether oxygens (including phenoxy) is 2. The van der Waals surface area contributed by atoms with Gasteiger partial charge in [-0.1, -0.05) is 6.07 Å². The molecule has 0 saturated carbocycles. The molecular formula is C26H23F3N4O3. The van der Waals surface area contributed by atoms with Crippen LogP contribution in [0.15, 0.2) is 79.1 Å². The van der Waals surface area contributed by atoms with Crippen molar-refractivity contribution >= 4 is 11.6 Å². The fourth-order valence-electron chi connectivity index (χ4n) is 3.13. The van der Waals surface area contributed by atoms with Crippen LogP contribution in [-0.4, -0.2) is 39.6 Å². The van der Waals surface area contributed by atoms with Crippen LogP contribution in [0.4, 0.5) is 18.9 Å². The lowest BCUT2D eigenvalue weighted by atomic mass is 10.1. The van der Waals surface area contributed by atoms with Gasteiger partial charge in [-0.3, -0.25) is 4.79 Å². The zero-order valence-electron chi connectivity index (χ0n) is 19.7. The van der Waals surface area contributed by atoms with Gasteiger partial charge in [-0.25, -0.2) is 14.1 Å². The van der Waals surface area contributed by atoms with Crippen molar-refractivity contribution in [1.82, 2.24) is 14.8 Å². The van der Waals surface area contributed by atoms with E-state index in [1.807, 2.05) is 0 Å². The number of methoxy groups -OCH3 is 1. The molecule has 0 unspecified atom stereocenters. The summed E-state index contributed by atoms with van der Waals surface area (Å²) in [5, 5.41) is 7.23. The van der Waals surface area contributed by atoms with Crippen molar-refractivity contribution in [3.63, 3.8) is 0 Å². The summed E-state index contributed by atoms with van der Waals surface area (Å²) in [5.74, 6) is 0.556. The first-order chi connectivity index (χ1) is 17.1. The first kappa shape index (κ1) is 24.8. The standard InChI is InChI=1S/C26H23F3N4O3/c1-25(2,27)26(28,29)36-21-13-11-20(12-14-21)33-16-30-23(32-33)17-7-9-19(10-8-17)31-24(34)18-5-4-6-22(15-18)35-3/h4-16H,1-3H3,(H,31,34). The predicted octanol–water partition coefficient (Wildman–Crippen LogP) is 5.91. The number of benzene rings is 3. The summed E-state index contributed by atoms with van der Waals surface area (Å²) in [5.41, 5.74) is -0.522. The number of halogens is 3. The van der Waals surface area contributed by atoms with E-state index in [1.165, 1.54) is 42.4 Å². The van der Waals surface area contributed by atoms with Crippen LogP contribution >= 0.6 is 0 Å². The molecule has 10 heteroatoms. The highest BCUT2D eigenvalue weighted by atomic mass is 19.3. The highest BCUT2D eigenvalue weighted by Gasteiger charge is 2.50. The molecule has 0 saturated heterocycles. The van der Waals surface area contributed by atoms with Gasteiger partial charge in [0.25, 0.3) is 5.91 Å². The highest BCUT2D eigenvalue weighted by molar-refractivity contribution is 6.04. The number of hydrogen-bond donors (Lipinski definition) is 1. The van der Waals surface area contributed by atoms with E-state index in [9.17, 15) is 18.0 Å². The van der Waals surface area contributed by atoms with Crippen LogP contribution in [0, 0.1) is 0 Å². The van der Waals surface area contributed by atoms with E-state index in [4.69, 9.17) is 4.74 Å². The number of anilines is 1. The Bertz CT molecular complexity index is 1350. The molecule has 0 aliphatic rings. The Morgan fingerprint density at radius 3 is 2.28 bits per heavy atom. The van der Waals surface area contributed by atoms with Crippen molar-refractivity contribution in [2.75, 3.05) is 12.4 Å². The zero-order chi connectivity index (χ0) is 25.9. The number of rotatable bonds is 8. The fraction of sp³-hybridized carbons (Fsp3) is 0.192. The maximum Gasteiger partial charge on any atom is 0.432 e. The monoisotopic (exact) mass is 496 g/mol. The van der Waals surface area contributed by atoms with Crippen molar-refractivity contribution in [2.24, 2.45) is 0 Å². The van der Waals surface area contributed by atoms with Crippen molar-refractivity contribution < 1.29 is 27.4 Å². The second-order valence-electron chi connectivity index (χ2n) is 8.36. The lowest BCUT2D eigenvalue weighted by molar-refractivity contribution is -0.252. The van der Waals surface area contributed by atoms with Gasteiger partial charge >= 0.3 is 6.11 Å². The third kappa shape index (κ3) is 5.48. The Morgan fingerprint density at radius 2 is 1.64 bits per heavy atom. The van der Waals surface area contributed by atoms with E-state index in [0.29, 0.717) is 34.1 Å². The predicted molar refractivity (Wildman–Crippen MR) is 129 cm³/mol. The average Bonchev–Trinajstić information content (AvgIpc) is 3.34. The molecule has 0 aliphatic carbocycles. The minimum absolute atomic E-state index is 0.179. The van der Waals surface area contributed by atoms with Gasteiger partial charge in [0.2, 0.25) is 5.67 Å². The lowest BCUT2D eigenvalue weighted by Crippen LogP contribution is -2.43. The van der Waals surface area contributed by atoms with E-state index in [2.05, 4.69) is 20.1 Å². The number of aromatic nitrogens is 3. The molecule has 7 nitrogen and oxygen atoms in total. The third-order valence-corrected chi connectivity index (χ3v) is 5.26. The van der Waals surface area contributed by atoms with Crippen molar-refractivity contribution in [3.05, 3.63) is 84.7 Å². The highest BCUT2D eigenvalue weighted by Crippen LogP contribution is 2.34. The summed E-state index contributed by atoms with van der Waals surface area (Å²) >= 11 is 0. The molecule has 0 fully saturated rings. The molecule has 0 bridgehead atoms. The second kappa shape index (κ2) is 9.73. The number of amides is 1. The van der Waals surface area contributed by atoms with Gasteiger partial charge in [-0.15, -0.1) is 5.10 Å². The quantitative estimate of drug-likeness (QED) is 0.328. The maximum atomic E-state index is 13.8. The minimum atomic E-state index is -3.98. The summed E-state index contributed by atoms with van der Waals surface area (Å²) in [7, 11) is 1.53. The van der Waals surface area contributed by atoms with Gasteiger partial charge in [0, 0.05) is 16.8 Å². The van der Waals surface area contributed by atoms with Crippen LogP contribution in [-0.2, 0) is 0 Å². The number of alkyl halides is 3. The van der Waals surface area contributed by atoms with Crippen molar-refractivity contribution in [3.8, 4) is 28.6 Å². The van der Waals surface area contributed by atoms with Gasteiger partial charge in [0.05, 0.1) is 12.8 Å². The second-order valence-corrected chi connectivity index (χ2v) is 8.36. The van der Waals surface area contributed by atoms with Crippen molar-refractivity contribution in [2.45, 2.75) is 25.6 Å². The first-order valence-electron chi connectivity index (χ1n) is 10.9. The molecule has 0 spiro atoms. The molecule has 4 aromatic rings. The molecule has 0 atom stereocenters. The Labute approximate surface area is 205 Å². The van der Waals surface area contributed by atoms with Crippen LogP contribution in [0.5, 0.6) is 11.5 Å². The maximum absolute atomic E-state index is 13.8. The number of carbonyl (C=O) groups excluding carboxylic acids is 1. The third-order valence-electron chi connectivity index (χ3n) is 5.26. The van der Waals surface area contributed by atoms with Crippen LogP contribution in [0.2, 0.25) is 0 Å². The van der Waals surface area contributed by atoms with Gasteiger partial charge in [-0.2, -0.15) is 8.78 Å². The molecular weight excluding hydrogens is 473 g/mol. The number of nitrogens with zero attached hydrogens (tertiary/aromatic N) is 3. The van der Waals surface area contributed by atoms with E-state index < -0.39 is 11.8 Å². The SMILES string of the molecule is COc1cccc(C(=O)Nc2ccc(-c3ncn(-c4ccc(OC(F)(F)C(C)(C)F)cc4)n3)cc2)c1. The normalized spacial score (nSPS) is 11.7. The number of hydrogen-bond acceptors (Lipinski definition) is 5. The fourth-order valence-corrected chi connectivity index (χ4v) is 3.13. The summed E-state index contributed by atoms with van der Waals surface area (Å²) in [4.78, 5) is 16.8. The topological polar surface area (TPSA) is 78.3 Å². The Balaban J connectivity index is 1.43. The van der Waals surface area contributed by atoms with Gasteiger partial charge in [-0.05, 0) is 80.6 Å². The largest absolute Gasteiger partial charge is 0.497 e. The molecule has 1 heterocycles. The van der Waals surface area contributed by atoms with Gasteiger partial charge in [0.1, 0.15) is 17.8 Å². The Hall–Kier alpha value is -4.34. The molecule has 36 heavy (non-hydrogen) atoms. The summed E-state index contributed by atoms with van der Waals surface area (Å²) in [6.07, 6.45) is -2.50. The Kier molecular flexibility index (Phi) is 6.69. The summed E-state index contributed by atoms with van der Waals surface area (Å²) in [6.45, 7) is 1.50. The molecule has 3 aromatic carbocycles. The van der Waals surface area contributed by atoms with E-state index in [-0.39, 0.29) is 11.7 Å². The van der Waals surface area contributed by atoms with Crippen LogP contribution in [0.25, 0.3) is 17.1 Å². The number of carbonyl (C=O) groups is 1. The molecule has 1 aromatic heterocycles. The zero-order valence-corrected chi connectivity index (χ0v) is 19.7. The first-order valence-corrected chi connectivity index (χ1v) is 10.9. The van der Waals surface area contributed by atoms with E-state index in [0.717, 1.165) is 13.8 Å². The van der Waals surface area contributed by atoms with Gasteiger partial charge in [0.15, 0.2) is 5.82 Å². The van der Waals surface area contributed by atoms with Crippen LogP contribution in [0.1, 0.15) is 24.2 Å². The molecule has 0 aliphatic heterocycles. The smallest absolute Gasteiger partial charge is 0.432 e. The molecule has 186 valence electrons. The number of nitrogens with one attached hydrogen (secondary N) is 1. The van der Waals surface area contributed by atoms with E-state index in [1.54, 1.807) is 48.5 Å². The molecule has 1 amide bonds. The van der Waals surface area contributed by atoms with Crippen LogP contribution < -0.4 is 14.8 Å². The summed E-state index contributed by atoms with van der Waals surface area (Å²) in [6, 6.07) is 19.4. The Morgan fingerprint density at radius 1 is 0.944 bits per heavy atom. The van der Waals surface area contributed by atoms with Crippen LogP contribution in [0.3, 0.4) is 0 Å². The van der Waals surface area contributed by atoms with Crippen molar-refractivity contribution in [1.29, 1.82) is 0 Å². The summed E-state index contributed by atoms with van der Waals surface area (Å²) < 4.78 is 52.4. The molecule has 4 rings (SSSR count). The molecule has 0 radical (unpaired) electrons. The average molecular weight is 496 g/mol. The van der Waals surface area contributed by atoms with Gasteiger partial charge < -0.3 is 14.8 Å². The minimum Gasteiger partial charge on any atom is -0.497 e. The lowest BCUT2D eigenvalue weighted by Gasteiger charge is -2.26. The van der Waals surface area contributed by atoms with E-state index >= 15 is 0 Å². The molecule has 1 N–H and O–H groups in total.